The summed E-state index contributed by atoms with van der Waals surface area (Å²) in [4.78, 5) is 10.4. The molecule has 1 atom stereocenters. The predicted octanol–water partition coefficient (Wildman–Crippen LogP) is 2.28. The monoisotopic (exact) mass is 236 g/mol. The molecule has 0 fully saturated rings. The highest BCUT2D eigenvalue weighted by atomic mass is 35.5. The molecule has 0 heterocycles. The van der Waals surface area contributed by atoms with Crippen LogP contribution in [0.4, 0.5) is 8.78 Å². The SMILES string of the molecule is O=C(O)C(CF)Oc1ccc(Cl)cc1F. The van der Waals surface area contributed by atoms with Crippen LogP contribution in [0.25, 0.3) is 0 Å². The molecule has 0 radical (unpaired) electrons. The number of carbonyl (C=O) groups is 1. The smallest absolute Gasteiger partial charge is 0.347 e. The molecule has 1 N–H and O–H groups in total. The van der Waals surface area contributed by atoms with Gasteiger partial charge in [-0.1, -0.05) is 11.6 Å². The van der Waals surface area contributed by atoms with Gasteiger partial charge in [0.1, 0.15) is 6.67 Å². The van der Waals surface area contributed by atoms with Gasteiger partial charge in [0.05, 0.1) is 0 Å². The van der Waals surface area contributed by atoms with Crippen LogP contribution in [0.15, 0.2) is 18.2 Å². The molecule has 1 aromatic carbocycles. The highest BCUT2D eigenvalue weighted by molar-refractivity contribution is 6.30. The van der Waals surface area contributed by atoms with Crippen molar-refractivity contribution >= 4 is 17.6 Å². The van der Waals surface area contributed by atoms with Gasteiger partial charge in [0.15, 0.2) is 11.6 Å². The van der Waals surface area contributed by atoms with E-state index in [1.54, 1.807) is 0 Å². The summed E-state index contributed by atoms with van der Waals surface area (Å²) in [6, 6.07) is 3.41. The number of hydrogen-bond acceptors (Lipinski definition) is 2. The lowest BCUT2D eigenvalue weighted by Gasteiger charge is -2.12. The van der Waals surface area contributed by atoms with Gasteiger partial charge in [0.25, 0.3) is 0 Å². The summed E-state index contributed by atoms with van der Waals surface area (Å²) < 4.78 is 29.8. The van der Waals surface area contributed by atoms with Crippen molar-refractivity contribution in [3.8, 4) is 5.75 Å². The van der Waals surface area contributed by atoms with Crippen molar-refractivity contribution in [1.29, 1.82) is 0 Å². The summed E-state index contributed by atoms with van der Waals surface area (Å²) in [7, 11) is 0. The fraction of sp³-hybridized carbons (Fsp3) is 0.222. The largest absolute Gasteiger partial charge is 0.478 e. The number of halogens is 3. The third-order valence-electron chi connectivity index (χ3n) is 1.58. The zero-order valence-electron chi connectivity index (χ0n) is 7.41. The van der Waals surface area contributed by atoms with Crippen LogP contribution in [0, 0.1) is 5.82 Å². The third-order valence-corrected chi connectivity index (χ3v) is 1.81. The average molecular weight is 237 g/mol. The second-order valence-corrected chi connectivity index (χ2v) is 3.11. The summed E-state index contributed by atoms with van der Waals surface area (Å²) in [5, 5.41) is 8.61. The van der Waals surface area contributed by atoms with E-state index in [1.807, 2.05) is 0 Å². The standard InChI is InChI=1S/C9H7ClF2O3/c10-5-1-2-7(6(12)3-5)15-8(4-11)9(13)14/h1-3,8H,4H2,(H,13,14). The van der Waals surface area contributed by atoms with E-state index in [2.05, 4.69) is 4.74 Å². The molecule has 0 amide bonds. The van der Waals surface area contributed by atoms with Gasteiger partial charge in [-0.2, -0.15) is 0 Å². The number of rotatable bonds is 4. The second kappa shape index (κ2) is 4.93. The van der Waals surface area contributed by atoms with Crippen molar-refractivity contribution in [2.45, 2.75) is 6.10 Å². The minimum Gasteiger partial charge on any atom is -0.478 e. The van der Waals surface area contributed by atoms with Crippen LogP contribution < -0.4 is 4.74 Å². The molecule has 0 saturated heterocycles. The minimum absolute atomic E-state index is 0.145. The molecule has 15 heavy (non-hydrogen) atoms. The van der Waals surface area contributed by atoms with Gasteiger partial charge < -0.3 is 9.84 Å². The lowest BCUT2D eigenvalue weighted by Crippen LogP contribution is -2.29. The zero-order valence-corrected chi connectivity index (χ0v) is 8.17. The van der Waals surface area contributed by atoms with Crippen LogP contribution in [0.1, 0.15) is 0 Å². The second-order valence-electron chi connectivity index (χ2n) is 2.67. The predicted molar refractivity (Wildman–Crippen MR) is 49.4 cm³/mol. The number of alkyl halides is 1. The van der Waals surface area contributed by atoms with E-state index in [0.29, 0.717) is 0 Å². The Kier molecular flexibility index (Phi) is 3.85. The number of carboxylic acids is 1. The summed E-state index contributed by atoms with van der Waals surface area (Å²) >= 11 is 5.46. The van der Waals surface area contributed by atoms with Gasteiger partial charge in [-0.05, 0) is 18.2 Å². The van der Waals surface area contributed by atoms with E-state index in [9.17, 15) is 13.6 Å². The first-order valence-electron chi connectivity index (χ1n) is 3.95. The summed E-state index contributed by atoms with van der Waals surface area (Å²) in [5.41, 5.74) is 0. The lowest BCUT2D eigenvalue weighted by atomic mass is 10.3. The molecule has 1 aromatic rings. The first-order chi connectivity index (χ1) is 7.04. The number of carboxylic acid groups (broad SMARTS) is 1. The van der Waals surface area contributed by atoms with E-state index < -0.39 is 24.6 Å². The Labute approximate surface area is 89.2 Å². The molecule has 6 heteroatoms. The fourth-order valence-corrected chi connectivity index (χ4v) is 1.03. The van der Waals surface area contributed by atoms with E-state index in [-0.39, 0.29) is 10.8 Å². The van der Waals surface area contributed by atoms with Gasteiger partial charge >= 0.3 is 5.97 Å². The Bertz CT molecular complexity index is 370. The number of hydrogen-bond donors (Lipinski definition) is 1. The lowest BCUT2D eigenvalue weighted by molar-refractivity contribution is -0.145. The summed E-state index contributed by atoms with van der Waals surface area (Å²) in [6.45, 7) is -1.24. The Morgan fingerprint density at radius 2 is 2.27 bits per heavy atom. The topological polar surface area (TPSA) is 46.5 Å². The molecule has 3 nitrogen and oxygen atoms in total. The number of ether oxygens (including phenoxy) is 1. The van der Waals surface area contributed by atoms with Gasteiger partial charge in [0, 0.05) is 5.02 Å². The first-order valence-corrected chi connectivity index (χ1v) is 4.33. The maximum absolute atomic E-state index is 13.1. The van der Waals surface area contributed by atoms with Crippen molar-refractivity contribution < 1.29 is 23.4 Å². The van der Waals surface area contributed by atoms with Gasteiger partial charge in [-0.3, -0.25) is 0 Å². The van der Waals surface area contributed by atoms with Crippen molar-refractivity contribution in [2.75, 3.05) is 6.67 Å². The van der Waals surface area contributed by atoms with Crippen molar-refractivity contribution in [1.82, 2.24) is 0 Å². The molecule has 0 bridgehead atoms. The number of aliphatic carboxylic acids is 1. The van der Waals surface area contributed by atoms with Crippen LogP contribution in [0.5, 0.6) is 5.75 Å². The Morgan fingerprint density at radius 1 is 1.60 bits per heavy atom. The molecule has 82 valence electrons. The molecule has 0 aliphatic rings. The zero-order chi connectivity index (χ0) is 11.4. The number of benzene rings is 1. The van der Waals surface area contributed by atoms with Crippen LogP contribution >= 0.6 is 11.6 Å². The summed E-state index contributed by atoms with van der Waals surface area (Å²) in [6.07, 6.45) is -1.71. The fourth-order valence-electron chi connectivity index (χ4n) is 0.872. The van der Waals surface area contributed by atoms with Crippen LogP contribution in [-0.4, -0.2) is 23.9 Å². The average Bonchev–Trinajstić information content (AvgIpc) is 2.16. The van der Waals surface area contributed by atoms with Crippen molar-refractivity contribution in [2.24, 2.45) is 0 Å². The molecule has 0 aliphatic heterocycles. The molecular weight excluding hydrogens is 230 g/mol. The Balaban J connectivity index is 2.84. The minimum atomic E-state index is -1.71. The molecule has 0 aromatic heterocycles. The van der Waals surface area contributed by atoms with E-state index in [1.165, 1.54) is 6.07 Å². The van der Waals surface area contributed by atoms with E-state index >= 15 is 0 Å². The van der Waals surface area contributed by atoms with Gasteiger partial charge in [-0.25, -0.2) is 13.6 Å². The first kappa shape index (κ1) is 11.7. The maximum atomic E-state index is 13.1. The third kappa shape index (κ3) is 3.06. The van der Waals surface area contributed by atoms with Crippen LogP contribution in [0.3, 0.4) is 0 Å². The Hall–Kier alpha value is -1.36. The van der Waals surface area contributed by atoms with Crippen molar-refractivity contribution in [3.05, 3.63) is 29.0 Å². The van der Waals surface area contributed by atoms with Crippen molar-refractivity contribution in [3.63, 3.8) is 0 Å². The highest BCUT2D eigenvalue weighted by Gasteiger charge is 2.20. The van der Waals surface area contributed by atoms with Gasteiger partial charge in [0.2, 0.25) is 6.10 Å². The Morgan fingerprint density at radius 3 is 2.73 bits per heavy atom. The van der Waals surface area contributed by atoms with Crippen LogP contribution in [0.2, 0.25) is 5.02 Å². The van der Waals surface area contributed by atoms with Crippen LogP contribution in [-0.2, 0) is 4.79 Å². The molecular formula is C9H7ClF2O3. The molecule has 1 unspecified atom stereocenters. The molecule has 1 rings (SSSR count). The summed E-state index contributed by atoms with van der Waals surface area (Å²) in [5.74, 6) is -2.67. The molecule has 0 saturated carbocycles. The molecule has 0 spiro atoms. The molecule has 0 aliphatic carbocycles. The maximum Gasteiger partial charge on any atom is 0.347 e. The van der Waals surface area contributed by atoms with E-state index in [0.717, 1.165) is 12.1 Å². The normalized spacial score (nSPS) is 12.2. The van der Waals surface area contributed by atoms with E-state index in [4.69, 9.17) is 16.7 Å². The highest BCUT2D eigenvalue weighted by Crippen LogP contribution is 2.22. The van der Waals surface area contributed by atoms with Gasteiger partial charge in [-0.15, -0.1) is 0 Å². The quantitative estimate of drug-likeness (QED) is 0.872.